The lowest BCUT2D eigenvalue weighted by molar-refractivity contribution is 0.0706. The number of carbonyl (C=O) groups excluding carboxylic acids is 1. The summed E-state index contributed by atoms with van der Waals surface area (Å²) in [6, 6.07) is 12.0. The molecule has 0 atom stereocenters. The highest BCUT2D eigenvalue weighted by molar-refractivity contribution is 7.89. The van der Waals surface area contributed by atoms with Gasteiger partial charge in [0.15, 0.2) is 0 Å². The van der Waals surface area contributed by atoms with Crippen LogP contribution in [0, 0.1) is 5.82 Å². The molecule has 0 saturated carbocycles. The molecule has 1 fully saturated rings. The van der Waals surface area contributed by atoms with Crippen LogP contribution in [0.1, 0.15) is 23.2 Å². The second-order valence-corrected chi connectivity index (χ2v) is 8.06. The second kappa shape index (κ2) is 8.06. The summed E-state index contributed by atoms with van der Waals surface area (Å²) in [6.45, 7) is 0.707. The fourth-order valence-corrected chi connectivity index (χ4v) is 4.38. The van der Waals surface area contributed by atoms with Gasteiger partial charge in [0.2, 0.25) is 10.0 Å². The number of amides is 1. The average molecular weight is 392 g/mol. The number of sulfonamides is 1. The SMILES string of the molecule is COc1ccc(C(=O)N2CCC(NS(=O)(=O)c3ccccc3)CC2)c(F)c1. The van der Waals surface area contributed by atoms with Crippen molar-refractivity contribution in [2.24, 2.45) is 0 Å². The maximum absolute atomic E-state index is 14.1. The summed E-state index contributed by atoms with van der Waals surface area (Å²) >= 11 is 0. The molecule has 2 aromatic rings. The molecule has 0 aliphatic carbocycles. The van der Waals surface area contributed by atoms with E-state index in [1.165, 1.54) is 42.3 Å². The number of hydrogen-bond acceptors (Lipinski definition) is 4. The van der Waals surface area contributed by atoms with Gasteiger partial charge in [-0.3, -0.25) is 4.79 Å². The van der Waals surface area contributed by atoms with E-state index < -0.39 is 21.7 Å². The number of likely N-dealkylation sites (tertiary alicyclic amines) is 1. The van der Waals surface area contributed by atoms with Crippen molar-refractivity contribution in [3.63, 3.8) is 0 Å². The first-order valence-electron chi connectivity index (χ1n) is 8.61. The van der Waals surface area contributed by atoms with Crippen LogP contribution < -0.4 is 9.46 Å². The lowest BCUT2D eigenvalue weighted by atomic mass is 10.0. The molecule has 2 aromatic carbocycles. The van der Waals surface area contributed by atoms with Gasteiger partial charge in [-0.15, -0.1) is 0 Å². The smallest absolute Gasteiger partial charge is 0.256 e. The Morgan fingerprint density at radius 2 is 1.81 bits per heavy atom. The van der Waals surface area contributed by atoms with E-state index in [4.69, 9.17) is 4.74 Å². The Bertz CT molecular complexity index is 911. The van der Waals surface area contributed by atoms with E-state index in [0.717, 1.165) is 0 Å². The summed E-state index contributed by atoms with van der Waals surface area (Å²) in [5.74, 6) is -0.691. The summed E-state index contributed by atoms with van der Waals surface area (Å²) in [7, 11) is -2.16. The van der Waals surface area contributed by atoms with Crippen molar-refractivity contribution >= 4 is 15.9 Å². The van der Waals surface area contributed by atoms with E-state index in [2.05, 4.69) is 4.72 Å². The average Bonchev–Trinajstić information content (AvgIpc) is 2.68. The molecule has 1 aliphatic heterocycles. The Morgan fingerprint density at radius 3 is 2.41 bits per heavy atom. The molecule has 8 heteroatoms. The first-order valence-corrected chi connectivity index (χ1v) is 10.1. The minimum atomic E-state index is -3.59. The predicted octanol–water partition coefficient (Wildman–Crippen LogP) is 2.42. The van der Waals surface area contributed by atoms with Gasteiger partial charge in [-0.25, -0.2) is 17.5 Å². The van der Waals surface area contributed by atoms with Gasteiger partial charge in [-0.1, -0.05) is 18.2 Å². The van der Waals surface area contributed by atoms with Crippen LogP contribution >= 0.6 is 0 Å². The summed E-state index contributed by atoms with van der Waals surface area (Å²) in [5, 5.41) is 0. The molecule has 1 saturated heterocycles. The van der Waals surface area contributed by atoms with Gasteiger partial charge >= 0.3 is 0 Å². The Morgan fingerprint density at radius 1 is 1.15 bits per heavy atom. The van der Waals surface area contributed by atoms with Crippen molar-refractivity contribution < 1.29 is 22.3 Å². The van der Waals surface area contributed by atoms with Crippen LogP contribution in [0.25, 0.3) is 0 Å². The third-order valence-electron chi connectivity index (χ3n) is 4.56. The number of ether oxygens (including phenoxy) is 1. The zero-order chi connectivity index (χ0) is 19.4. The first-order chi connectivity index (χ1) is 12.9. The number of piperidine rings is 1. The summed E-state index contributed by atoms with van der Waals surface area (Å²) in [6.07, 6.45) is 0.936. The van der Waals surface area contributed by atoms with Crippen molar-refractivity contribution in [3.8, 4) is 5.75 Å². The number of nitrogens with one attached hydrogen (secondary N) is 1. The van der Waals surface area contributed by atoms with Crippen molar-refractivity contribution in [1.82, 2.24) is 9.62 Å². The van der Waals surface area contributed by atoms with Crippen LogP contribution in [0.3, 0.4) is 0 Å². The molecule has 1 aliphatic rings. The van der Waals surface area contributed by atoms with Crippen LogP contribution in [0.15, 0.2) is 53.4 Å². The Kier molecular flexibility index (Phi) is 5.76. The maximum Gasteiger partial charge on any atom is 0.256 e. The van der Waals surface area contributed by atoms with Crippen LogP contribution in [0.5, 0.6) is 5.75 Å². The summed E-state index contributed by atoms with van der Waals surface area (Å²) in [4.78, 5) is 14.3. The highest BCUT2D eigenvalue weighted by Gasteiger charge is 2.28. The second-order valence-electron chi connectivity index (χ2n) is 6.35. The quantitative estimate of drug-likeness (QED) is 0.848. The lowest BCUT2D eigenvalue weighted by Crippen LogP contribution is -2.46. The van der Waals surface area contributed by atoms with Crippen LogP contribution in [-0.4, -0.2) is 45.5 Å². The zero-order valence-corrected chi connectivity index (χ0v) is 15.7. The van der Waals surface area contributed by atoms with Crippen molar-refractivity contribution in [1.29, 1.82) is 0 Å². The van der Waals surface area contributed by atoms with Gasteiger partial charge in [0.1, 0.15) is 11.6 Å². The van der Waals surface area contributed by atoms with Crippen molar-refractivity contribution in [2.75, 3.05) is 20.2 Å². The zero-order valence-electron chi connectivity index (χ0n) is 14.9. The summed E-state index contributed by atoms with van der Waals surface area (Å²) in [5.41, 5.74) is -0.0147. The van der Waals surface area contributed by atoms with Gasteiger partial charge in [-0.05, 0) is 37.1 Å². The Hall–Kier alpha value is -2.45. The number of benzene rings is 2. The molecule has 3 rings (SSSR count). The molecule has 6 nitrogen and oxygen atoms in total. The number of methoxy groups -OCH3 is 1. The van der Waals surface area contributed by atoms with Crippen molar-refractivity contribution in [3.05, 3.63) is 59.9 Å². The van der Waals surface area contributed by atoms with Gasteiger partial charge in [0.25, 0.3) is 5.91 Å². The molecule has 1 heterocycles. The molecule has 27 heavy (non-hydrogen) atoms. The summed E-state index contributed by atoms with van der Waals surface area (Å²) < 4.78 is 46.5. The van der Waals surface area contributed by atoms with Crippen molar-refractivity contribution in [2.45, 2.75) is 23.8 Å². The highest BCUT2D eigenvalue weighted by Crippen LogP contribution is 2.21. The highest BCUT2D eigenvalue weighted by atomic mass is 32.2. The van der Waals surface area contributed by atoms with Crippen LogP contribution in [-0.2, 0) is 10.0 Å². The van der Waals surface area contributed by atoms with E-state index in [0.29, 0.717) is 31.7 Å². The topological polar surface area (TPSA) is 75.7 Å². The van der Waals surface area contributed by atoms with Gasteiger partial charge in [-0.2, -0.15) is 0 Å². The molecule has 0 spiro atoms. The molecule has 0 bridgehead atoms. The van der Waals surface area contributed by atoms with E-state index in [9.17, 15) is 17.6 Å². The lowest BCUT2D eigenvalue weighted by Gasteiger charge is -2.32. The number of carbonyl (C=O) groups is 1. The molecular formula is C19H21FN2O4S. The van der Waals surface area contributed by atoms with Crippen LogP contribution in [0.2, 0.25) is 0 Å². The Labute approximate surface area is 158 Å². The molecule has 0 aromatic heterocycles. The third-order valence-corrected chi connectivity index (χ3v) is 6.10. The standard InChI is InChI=1S/C19H21FN2O4S/c1-26-15-7-8-17(18(20)13-15)19(23)22-11-9-14(10-12-22)21-27(24,25)16-5-3-2-4-6-16/h2-8,13-14,21H,9-12H2,1H3. The molecule has 0 unspecified atom stereocenters. The fourth-order valence-electron chi connectivity index (χ4n) is 3.05. The van der Waals surface area contributed by atoms with E-state index in [-0.39, 0.29) is 16.5 Å². The molecule has 144 valence electrons. The number of hydrogen-bond donors (Lipinski definition) is 1. The van der Waals surface area contributed by atoms with E-state index in [1.54, 1.807) is 18.2 Å². The maximum atomic E-state index is 14.1. The van der Waals surface area contributed by atoms with E-state index in [1.807, 2.05) is 0 Å². The van der Waals surface area contributed by atoms with Gasteiger partial charge in [0.05, 0.1) is 17.6 Å². The molecule has 1 amide bonds. The van der Waals surface area contributed by atoms with E-state index >= 15 is 0 Å². The Balaban J connectivity index is 1.61. The number of nitrogens with zero attached hydrogens (tertiary/aromatic N) is 1. The van der Waals surface area contributed by atoms with Gasteiger partial charge < -0.3 is 9.64 Å². The normalized spacial score (nSPS) is 15.6. The minimum Gasteiger partial charge on any atom is -0.497 e. The fraction of sp³-hybridized carbons (Fsp3) is 0.316. The molecule has 1 N–H and O–H groups in total. The minimum absolute atomic E-state index is 0.0147. The van der Waals surface area contributed by atoms with Crippen LogP contribution in [0.4, 0.5) is 4.39 Å². The number of rotatable bonds is 5. The monoisotopic (exact) mass is 392 g/mol. The predicted molar refractivity (Wildman–Crippen MR) is 98.6 cm³/mol. The largest absolute Gasteiger partial charge is 0.497 e. The number of halogens is 1. The first kappa shape index (κ1) is 19.3. The van der Waals surface area contributed by atoms with Gasteiger partial charge in [0, 0.05) is 25.2 Å². The molecule has 0 radical (unpaired) electrons. The third kappa shape index (κ3) is 4.45. The molecular weight excluding hydrogens is 371 g/mol.